The number of esters is 4. The molecule has 8 nitrogen and oxygen atoms in total. The van der Waals surface area contributed by atoms with Gasteiger partial charge in [0.05, 0.1) is 38.9 Å². The summed E-state index contributed by atoms with van der Waals surface area (Å²) in [6.07, 6.45) is 0.103. The molecule has 15 rings (SSSR count). The monoisotopic (exact) mass is 1250 g/mol. The summed E-state index contributed by atoms with van der Waals surface area (Å²) in [4.78, 5) is 57.0. The van der Waals surface area contributed by atoms with Crippen molar-refractivity contribution in [3.05, 3.63) is 301 Å². The summed E-state index contributed by atoms with van der Waals surface area (Å²) >= 11 is 0. The molecule has 0 radical (unpaired) electrons. The van der Waals surface area contributed by atoms with Crippen LogP contribution < -0.4 is 0 Å². The summed E-state index contributed by atoms with van der Waals surface area (Å²) < 4.78 is 25.4. The van der Waals surface area contributed by atoms with Gasteiger partial charge in [0.25, 0.3) is 0 Å². The van der Waals surface area contributed by atoms with Gasteiger partial charge in [0.15, 0.2) is 0 Å². The highest BCUT2D eigenvalue weighted by molar-refractivity contribution is 6.07. The van der Waals surface area contributed by atoms with E-state index >= 15 is 0 Å². The van der Waals surface area contributed by atoms with Crippen molar-refractivity contribution in [1.29, 1.82) is 0 Å². The predicted octanol–water partition coefficient (Wildman–Crippen LogP) is 19.8. The molecule has 15 aromatic rings. The number of rotatable bonds is 22. The maximum absolute atomic E-state index is 14.4. The zero-order valence-corrected chi connectivity index (χ0v) is 53.3. The first kappa shape index (κ1) is 61.0. The molecule has 0 atom stereocenters. The molecule has 0 aliphatic heterocycles. The van der Waals surface area contributed by atoms with Crippen LogP contribution in [0.5, 0.6) is 0 Å². The second-order valence-electron chi connectivity index (χ2n) is 25.5. The number of hydrogen-bond donors (Lipinski definition) is 0. The van der Waals surface area contributed by atoms with E-state index < -0.39 is 42.0 Å². The topological polar surface area (TPSA) is 105 Å². The average Bonchev–Trinajstić information content (AvgIpc) is 0.808. The van der Waals surface area contributed by atoms with Crippen molar-refractivity contribution >= 4 is 132 Å². The first-order valence-electron chi connectivity index (χ1n) is 33.4. The van der Waals surface area contributed by atoms with Crippen LogP contribution in [0.15, 0.2) is 273 Å². The summed E-state index contributed by atoms with van der Waals surface area (Å²) in [5.41, 5.74) is 5.39. The second kappa shape index (κ2) is 27.4. The molecule has 0 aromatic heterocycles. The van der Waals surface area contributed by atoms with Crippen LogP contribution in [0.25, 0.3) is 108 Å². The molecule has 0 saturated heterocycles. The first-order chi connectivity index (χ1) is 47.2. The van der Waals surface area contributed by atoms with Gasteiger partial charge >= 0.3 is 23.9 Å². The Morgan fingerprint density at radius 3 is 0.615 bits per heavy atom. The van der Waals surface area contributed by atoms with Gasteiger partial charge in [-0.05, 0) is 172 Å². The standard InChI is InChI=1S/C88H70O8/c89-85(41-43-87(91)95-68(51-81-72-33-13-3-23-60(72)47-61-24-4-14-34-73(61)81)52-82-74-35-15-5-25-62(74)48-63-26-6-16-36-75(63)82)93-55-57(45-80-70-31-11-1-21-58(70)46-59-22-2-12-32-71(59)80)56-94-86(90)42-44-88(92)96-69(53-83-76-37-17-7-27-64(76)49-65-28-8-18-38-77(65)83)54-84-78-39-19-9-29-66(78)50-67-30-10-20-40-79(67)84/h1-40,46-50,57,68-69H,41-45,51-56H2. The molecule has 0 unspecified atom stereocenters. The maximum atomic E-state index is 14.4. The van der Waals surface area contributed by atoms with Crippen molar-refractivity contribution < 1.29 is 38.1 Å². The predicted molar refractivity (Wildman–Crippen MR) is 389 cm³/mol. The quantitative estimate of drug-likeness (QED) is 0.0375. The molecule has 0 aliphatic rings. The third-order valence-corrected chi connectivity index (χ3v) is 19.3. The van der Waals surface area contributed by atoms with Gasteiger partial charge in [0.2, 0.25) is 0 Å². The van der Waals surface area contributed by atoms with Crippen molar-refractivity contribution in [1.82, 2.24) is 0 Å². The van der Waals surface area contributed by atoms with Crippen LogP contribution in [-0.4, -0.2) is 49.3 Å². The van der Waals surface area contributed by atoms with Gasteiger partial charge in [0, 0.05) is 31.6 Å². The van der Waals surface area contributed by atoms with Gasteiger partial charge in [-0.1, -0.05) is 243 Å². The lowest BCUT2D eigenvalue weighted by atomic mass is 9.89. The van der Waals surface area contributed by atoms with Gasteiger partial charge in [0.1, 0.15) is 12.2 Å². The van der Waals surface area contributed by atoms with Gasteiger partial charge in [-0.25, -0.2) is 0 Å². The molecule has 0 bridgehead atoms. The molecule has 0 amide bonds. The van der Waals surface area contributed by atoms with Crippen molar-refractivity contribution in [3.8, 4) is 0 Å². The van der Waals surface area contributed by atoms with Crippen molar-refractivity contribution in [2.45, 2.75) is 70.0 Å². The molecule has 0 heterocycles. The molecule has 0 spiro atoms. The number of benzene rings is 15. The third-order valence-electron chi connectivity index (χ3n) is 19.3. The molecule has 0 aliphatic carbocycles. The van der Waals surface area contributed by atoms with Gasteiger partial charge in [-0.2, -0.15) is 0 Å². The molecule has 0 fully saturated rings. The Labute approximate surface area is 556 Å². The second-order valence-corrected chi connectivity index (χ2v) is 25.5. The summed E-state index contributed by atoms with van der Waals surface area (Å²) in [5, 5.41) is 21.7. The van der Waals surface area contributed by atoms with Gasteiger partial charge in [-0.3, -0.25) is 19.2 Å². The number of carbonyl (C=O) groups is 4. The van der Waals surface area contributed by atoms with E-state index in [9.17, 15) is 19.2 Å². The highest BCUT2D eigenvalue weighted by Gasteiger charge is 2.27. The van der Waals surface area contributed by atoms with Crippen LogP contribution in [0, 0.1) is 5.92 Å². The van der Waals surface area contributed by atoms with Crippen LogP contribution in [0.2, 0.25) is 0 Å². The minimum atomic E-state index is -0.596. The van der Waals surface area contributed by atoms with E-state index in [-0.39, 0.29) is 38.9 Å². The van der Waals surface area contributed by atoms with Crippen LogP contribution in [0.1, 0.15) is 53.5 Å². The highest BCUT2D eigenvalue weighted by Crippen LogP contribution is 2.38. The molecule has 470 valence electrons. The van der Waals surface area contributed by atoms with Gasteiger partial charge in [-0.15, -0.1) is 0 Å². The molecule has 0 saturated carbocycles. The van der Waals surface area contributed by atoms with E-state index in [1.807, 2.05) is 121 Å². The molecule has 0 N–H and O–H groups in total. The normalized spacial score (nSPS) is 11.8. The van der Waals surface area contributed by atoms with Crippen LogP contribution in [0.3, 0.4) is 0 Å². The number of carbonyl (C=O) groups excluding carboxylic acids is 4. The van der Waals surface area contributed by atoms with Crippen molar-refractivity contribution in [2.24, 2.45) is 5.92 Å². The number of hydrogen-bond acceptors (Lipinski definition) is 8. The summed E-state index contributed by atoms with van der Waals surface area (Å²) in [7, 11) is 0. The van der Waals surface area contributed by atoms with E-state index in [1.54, 1.807) is 0 Å². The minimum Gasteiger partial charge on any atom is -0.465 e. The minimum absolute atomic E-state index is 0.0981. The average molecular weight is 1260 g/mol. The lowest BCUT2D eigenvalue weighted by Gasteiger charge is -2.23. The zero-order chi connectivity index (χ0) is 64.9. The van der Waals surface area contributed by atoms with E-state index in [0.717, 1.165) is 136 Å². The Bertz CT molecular complexity index is 4700. The Morgan fingerprint density at radius 1 is 0.229 bits per heavy atom. The Balaban J connectivity index is 0.660. The molecule has 96 heavy (non-hydrogen) atoms. The van der Waals surface area contributed by atoms with Crippen LogP contribution >= 0.6 is 0 Å². The summed E-state index contributed by atoms with van der Waals surface area (Å²) in [5.74, 6) is -2.67. The maximum Gasteiger partial charge on any atom is 0.306 e. The molecule has 15 aromatic carbocycles. The smallest absolute Gasteiger partial charge is 0.306 e. The lowest BCUT2D eigenvalue weighted by Crippen LogP contribution is -2.26. The third kappa shape index (κ3) is 12.9. The van der Waals surface area contributed by atoms with E-state index in [1.165, 1.54) is 0 Å². The van der Waals surface area contributed by atoms with E-state index in [2.05, 4.69) is 152 Å². The molecular formula is C88H70O8. The Morgan fingerprint density at radius 2 is 0.406 bits per heavy atom. The fourth-order valence-corrected chi connectivity index (χ4v) is 14.8. The van der Waals surface area contributed by atoms with Crippen LogP contribution in [-0.2, 0) is 70.2 Å². The lowest BCUT2D eigenvalue weighted by molar-refractivity contribution is -0.156. The van der Waals surface area contributed by atoms with Crippen molar-refractivity contribution in [2.75, 3.05) is 13.2 Å². The van der Waals surface area contributed by atoms with Crippen LogP contribution in [0.4, 0.5) is 0 Å². The Kier molecular flexibility index (Phi) is 17.4. The molecule has 8 heteroatoms. The van der Waals surface area contributed by atoms with E-state index in [4.69, 9.17) is 18.9 Å². The zero-order valence-electron chi connectivity index (χ0n) is 53.3. The van der Waals surface area contributed by atoms with E-state index in [0.29, 0.717) is 32.1 Å². The SMILES string of the molecule is O=C(CCC(=O)OC(Cc1c2ccccc2cc2ccccc12)Cc1c2ccccc2cc2ccccc12)OCC(COC(=O)CCC(=O)OC(Cc1c2ccccc2cc2ccccc12)Cc1c2ccccc2cc2ccccc12)Cc1c2ccccc2cc2ccccc12. The summed E-state index contributed by atoms with van der Waals surface area (Å²) in [6, 6.07) is 94.1. The molecular weight excluding hydrogens is 1180 g/mol. The summed E-state index contributed by atoms with van der Waals surface area (Å²) in [6.45, 7) is -0.196. The van der Waals surface area contributed by atoms with Crippen molar-refractivity contribution in [3.63, 3.8) is 0 Å². The van der Waals surface area contributed by atoms with Gasteiger partial charge < -0.3 is 18.9 Å². The Hall–Kier alpha value is -11.2. The fraction of sp³-hybridized carbons (Fsp3) is 0.159. The largest absolute Gasteiger partial charge is 0.465 e. The fourth-order valence-electron chi connectivity index (χ4n) is 14.8. The highest BCUT2D eigenvalue weighted by atomic mass is 16.6. The number of ether oxygens (including phenoxy) is 4. The first-order valence-corrected chi connectivity index (χ1v) is 33.4. The number of fused-ring (bicyclic) bond motifs is 10.